The highest BCUT2D eigenvalue weighted by Gasteiger charge is 2.31. The largest absolute Gasteiger partial charge is 0.378 e. The summed E-state index contributed by atoms with van der Waals surface area (Å²) in [4.78, 5) is 39.5. The first-order valence-electron chi connectivity index (χ1n) is 12.5. The summed E-state index contributed by atoms with van der Waals surface area (Å²) in [6.45, 7) is 8.58. The summed E-state index contributed by atoms with van der Waals surface area (Å²) < 4.78 is 11.0. The first kappa shape index (κ1) is 26.2. The number of nitrogens with zero attached hydrogens (tertiary/aromatic N) is 4. The molecule has 2 amide bonds. The first-order valence-corrected chi connectivity index (χ1v) is 13.4. The van der Waals surface area contributed by atoms with Crippen LogP contribution in [0.2, 0.25) is 0 Å². The van der Waals surface area contributed by atoms with Gasteiger partial charge in [-0.25, -0.2) is 4.98 Å². The Labute approximate surface area is 226 Å². The lowest BCUT2D eigenvalue weighted by atomic mass is 10.00. The number of carbonyl (C=O) groups is 2. The van der Waals surface area contributed by atoms with Gasteiger partial charge in [-0.3, -0.25) is 19.5 Å². The van der Waals surface area contributed by atoms with E-state index in [1.54, 1.807) is 43.1 Å². The molecule has 2 aliphatic heterocycles. The van der Waals surface area contributed by atoms with Crippen LogP contribution in [0.5, 0.6) is 0 Å². The van der Waals surface area contributed by atoms with Gasteiger partial charge in [-0.15, -0.1) is 11.3 Å². The average Bonchev–Trinajstić information content (AvgIpc) is 3.36. The molecule has 3 aromatic rings. The van der Waals surface area contributed by atoms with E-state index in [4.69, 9.17) is 9.47 Å². The number of hydrogen-bond donors (Lipinski definition) is 2. The van der Waals surface area contributed by atoms with E-state index in [9.17, 15) is 9.59 Å². The number of nitrogens with one attached hydrogen (secondary N) is 2. The summed E-state index contributed by atoms with van der Waals surface area (Å²) >= 11 is 1.42. The zero-order valence-corrected chi connectivity index (χ0v) is 22.6. The number of methoxy groups -OCH3 is 1. The molecule has 10 nitrogen and oxygen atoms in total. The number of amides is 2. The highest BCUT2D eigenvalue weighted by Crippen LogP contribution is 2.28. The summed E-state index contributed by atoms with van der Waals surface area (Å²) in [5, 5.41) is 8.30. The maximum absolute atomic E-state index is 13.4. The van der Waals surface area contributed by atoms with Crippen molar-refractivity contribution in [1.82, 2.24) is 14.9 Å². The van der Waals surface area contributed by atoms with Gasteiger partial charge < -0.3 is 25.0 Å². The van der Waals surface area contributed by atoms with Gasteiger partial charge in [-0.2, -0.15) is 0 Å². The molecule has 0 radical (unpaired) electrons. The third-order valence-corrected chi connectivity index (χ3v) is 7.76. The van der Waals surface area contributed by atoms with E-state index in [-0.39, 0.29) is 23.5 Å². The molecule has 0 unspecified atom stereocenters. The van der Waals surface area contributed by atoms with E-state index in [0.29, 0.717) is 42.4 Å². The molecule has 1 aromatic carbocycles. The minimum Gasteiger partial charge on any atom is -0.378 e. The second-order valence-electron chi connectivity index (χ2n) is 10.1. The van der Waals surface area contributed by atoms with Crippen molar-refractivity contribution in [3.8, 4) is 0 Å². The first-order chi connectivity index (χ1) is 18.3. The van der Waals surface area contributed by atoms with Gasteiger partial charge in [0.15, 0.2) is 5.13 Å². The van der Waals surface area contributed by atoms with Crippen molar-refractivity contribution >= 4 is 39.7 Å². The molecule has 4 heterocycles. The molecule has 38 heavy (non-hydrogen) atoms. The van der Waals surface area contributed by atoms with E-state index >= 15 is 0 Å². The van der Waals surface area contributed by atoms with Gasteiger partial charge in [-0.05, 0) is 43.7 Å². The Balaban J connectivity index is 1.36. The summed E-state index contributed by atoms with van der Waals surface area (Å²) in [5.41, 5.74) is 2.51. The Morgan fingerprint density at radius 1 is 1.21 bits per heavy atom. The summed E-state index contributed by atoms with van der Waals surface area (Å²) in [5.74, 6) is -0.699. The predicted molar refractivity (Wildman–Crippen MR) is 147 cm³/mol. The number of thiazole rings is 1. The van der Waals surface area contributed by atoms with Crippen LogP contribution in [0.4, 0.5) is 16.5 Å². The highest BCUT2D eigenvalue weighted by atomic mass is 32.1. The molecule has 2 N–H and O–H groups in total. The summed E-state index contributed by atoms with van der Waals surface area (Å²) in [6, 6.07) is 9.08. The van der Waals surface area contributed by atoms with Crippen molar-refractivity contribution in [2.45, 2.75) is 32.0 Å². The second kappa shape index (κ2) is 11.2. The number of pyridine rings is 1. The number of anilines is 3. The minimum atomic E-state index is -0.367. The molecule has 11 heteroatoms. The van der Waals surface area contributed by atoms with Crippen LogP contribution < -0.4 is 15.5 Å². The molecule has 0 saturated carbocycles. The van der Waals surface area contributed by atoms with Crippen molar-refractivity contribution in [3.63, 3.8) is 0 Å². The molecule has 200 valence electrons. The molecule has 2 saturated heterocycles. The topological polar surface area (TPSA) is 109 Å². The standard InChI is InChI=1S/C27H32N6O4S/c1-27(2)17-37-10-9-33(27)13-18-6-7-22(21(11-18)24(34)29-19-5-4-8-28-12-19)30-25(35)23-16-38-26(31-23)32-14-20(15-32)36-3/h4-8,11-12,16,20H,9-10,13-15,17H2,1-3H3,(H,29,34)(H,30,35). The Morgan fingerprint density at radius 3 is 2.79 bits per heavy atom. The maximum atomic E-state index is 13.4. The highest BCUT2D eigenvalue weighted by molar-refractivity contribution is 7.14. The number of morpholine rings is 1. The second-order valence-corrected chi connectivity index (χ2v) is 10.9. The molecular formula is C27H32N6O4S. The van der Waals surface area contributed by atoms with Crippen LogP contribution in [-0.2, 0) is 16.0 Å². The fourth-order valence-electron chi connectivity index (χ4n) is 4.47. The third-order valence-electron chi connectivity index (χ3n) is 6.86. The summed E-state index contributed by atoms with van der Waals surface area (Å²) in [6.07, 6.45) is 3.42. The monoisotopic (exact) mass is 536 g/mol. The van der Waals surface area contributed by atoms with Crippen molar-refractivity contribution in [1.29, 1.82) is 0 Å². The van der Waals surface area contributed by atoms with Gasteiger partial charge in [-0.1, -0.05) is 6.07 Å². The molecular weight excluding hydrogens is 504 g/mol. The van der Waals surface area contributed by atoms with Crippen LogP contribution >= 0.6 is 11.3 Å². The van der Waals surface area contributed by atoms with Crippen LogP contribution in [0.1, 0.15) is 40.3 Å². The smallest absolute Gasteiger partial charge is 0.275 e. The van der Waals surface area contributed by atoms with Crippen molar-refractivity contribution in [2.24, 2.45) is 0 Å². The lowest BCUT2D eigenvalue weighted by Gasteiger charge is -2.42. The lowest BCUT2D eigenvalue weighted by molar-refractivity contribution is -0.0552. The van der Waals surface area contributed by atoms with Crippen molar-refractivity contribution < 1.29 is 19.1 Å². The number of ether oxygens (including phenoxy) is 2. The van der Waals surface area contributed by atoms with Gasteiger partial charge in [0.1, 0.15) is 5.69 Å². The molecule has 2 aromatic heterocycles. The van der Waals surface area contributed by atoms with Crippen LogP contribution in [-0.4, -0.2) is 78.3 Å². The van der Waals surface area contributed by atoms with Crippen LogP contribution in [0, 0.1) is 0 Å². The van der Waals surface area contributed by atoms with Crippen LogP contribution in [0.15, 0.2) is 48.1 Å². The minimum absolute atomic E-state index is 0.120. The van der Waals surface area contributed by atoms with Crippen molar-refractivity contribution in [2.75, 3.05) is 55.5 Å². The zero-order valence-electron chi connectivity index (χ0n) is 21.8. The van der Waals surface area contributed by atoms with Gasteiger partial charge in [0.05, 0.1) is 42.5 Å². The Kier molecular flexibility index (Phi) is 7.70. The summed E-state index contributed by atoms with van der Waals surface area (Å²) in [7, 11) is 1.69. The molecule has 0 spiro atoms. The molecule has 2 aliphatic rings. The zero-order chi connectivity index (χ0) is 26.7. The average molecular weight is 537 g/mol. The van der Waals surface area contributed by atoms with E-state index in [1.165, 1.54) is 11.3 Å². The van der Waals surface area contributed by atoms with E-state index in [2.05, 4.69) is 44.2 Å². The molecule has 0 bridgehead atoms. The molecule has 5 rings (SSSR count). The predicted octanol–water partition coefficient (Wildman–Crippen LogP) is 3.49. The third kappa shape index (κ3) is 5.86. The number of benzene rings is 1. The van der Waals surface area contributed by atoms with E-state index in [0.717, 1.165) is 30.3 Å². The van der Waals surface area contributed by atoms with Gasteiger partial charge >= 0.3 is 0 Å². The fraction of sp³-hybridized carbons (Fsp3) is 0.407. The number of carbonyl (C=O) groups excluding carboxylic acids is 2. The van der Waals surface area contributed by atoms with Crippen molar-refractivity contribution in [3.05, 3.63) is 64.9 Å². The van der Waals surface area contributed by atoms with Crippen LogP contribution in [0.25, 0.3) is 0 Å². The lowest BCUT2D eigenvalue weighted by Crippen LogP contribution is -2.52. The quantitative estimate of drug-likeness (QED) is 0.451. The number of rotatable bonds is 8. The molecule has 0 atom stereocenters. The molecule has 0 aliphatic carbocycles. The molecule has 2 fully saturated rings. The van der Waals surface area contributed by atoms with Crippen LogP contribution in [0.3, 0.4) is 0 Å². The number of hydrogen-bond acceptors (Lipinski definition) is 9. The van der Waals surface area contributed by atoms with Gasteiger partial charge in [0.2, 0.25) is 0 Å². The maximum Gasteiger partial charge on any atom is 0.275 e. The normalized spacial score (nSPS) is 17.6. The van der Waals surface area contributed by atoms with E-state index < -0.39 is 0 Å². The van der Waals surface area contributed by atoms with Gasteiger partial charge in [0, 0.05) is 50.4 Å². The Bertz CT molecular complexity index is 1290. The van der Waals surface area contributed by atoms with Gasteiger partial charge in [0.25, 0.3) is 11.8 Å². The SMILES string of the molecule is COC1CN(c2nc(C(=O)Nc3ccc(CN4CCOCC4(C)C)cc3C(=O)Nc3cccnc3)cs2)C1. The number of aromatic nitrogens is 2. The fourth-order valence-corrected chi connectivity index (χ4v) is 5.30. The Morgan fingerprint density at radius 2 is 2.05 bits per heavy atom. The van der Waals surface area contributed by atoms with E-state index in [1.807, 2.05) is 12.1 Å². The Hall–Kier alpha value is -3.38.